The van der Waals surface area contributed by atoms with Crippen molar-refractivity contribution in [3.8, 4) is 0 Å². The minimum absolute atomic E-state index is 0.864. The molecule has 0 radical (unpaired) electrons. The molecule has 0 aliphatic heterocycles. The summed E-state index contributed by atoms with van der Waals surface area (Å²) in [7, 11) is 0. The standard InChI is InChI=1S/C41H54N4/c1-7-43(8-2)37-26-18-33(19-27-37)40(32-16-24-36(42)25-17-32)14-13-15-41(34-20-28-38(29-21-34)44(9-3)10-4)35-22-30-39(31-23-35)45(11-5)12-6/h13-15,18-23,26-31,42H,7-12,16-17,24-25H2,1-6H3. The summed E-state index contributed by atoms with van der Waals surface area (Å²) >= 11 is 0. The summed E-state index contributed by atoms with van der Waals surface area (Å²) in [6.07, 6.45) is 10.5. The molecule has 0 atom stereocenters. The van der Waals surface area contributed by atoms with E-state index >= 15 is 0 Å². The van der Waals surface area contributed by atoms with Crippen LogP contribution in [-0.2, 0) is 0 Å². The Morgan fingerprint density at radius 1 is 0.533 bits per heavy atom. The first-order valence-corrected chi connectivity index (χ1v) is 17.2. The molecule has 1 saturated carbocycles. The number of rotatable bonds is 14. The van der Waals surface area contributed by atoms with Gasteiger partial charge >= 0.3 is 0 Å². The molecule has 0 spiro atoms. The van der Waals surface area contributed by atoms with E-state index < -0.39 is 0 Å². The molecule has 1 N–H and O–H groups in total. The number of hydrogen-bond acceptors (Lipinski definition) is 4. The topological polar surface area (TPSA) is 33.6 Å². The van der Waals surface area contributed by atoms with Crippen molar-refractivity contribution in [2.75, 3.05) is 54.0 Å². The molecule has 1 fully saturated rings. The van der Waals surface area contributed by atoms with Crippen molar-refractivity contribution < 1.29 is 0 Å². The lowest BCUT2D eigenvalue weighted by Gasteiger charge is -2.22. The first-order chi connectivity index (χ1) is 22.0. The number of anilines is 3. The third-order valence-corrected chi connectivity index (χ3v) is 9.28. The summed E-state index contributed by atoms with van der Waals surface area (Å²) in [5.41, 5.74) is 12.3. The molecule has 3 aromatic carbocycles. The van der Waals surface area contributed by atoms with Gasteiger partial charge in [-0.3, -0.25) is 0 Å². The number of hydrogen-bond donors (Lipinski definition) is 1. The van der Waals surface area contributed by atoms with Gasteiger partial charge < -0.3 is 20.1 Å². The molecule has 1 aliphatic carbocycles. The Bertz CT molecular complexity index is 1380. The second kappa shape index (κ2) is 16.9. The zero-order valence-electron chi connectivity index (χ0n) is 28.6. The van der Waals surface area contributed by atoms with E-state index in [4.69, 9.17) is 5.41 Å². The van der Waals surface area contributed by atoms with Gasteiger partial charge in [-0.1, -0.05) is 60.2 Å². The van der Waals surface area contributed by atoms with Crippen molar-refractivity contribution in [3.05, 3.63) is 113 Å². The quantitative estimate of drug-likeness (QED) is 0.186. The van der Waals surface area contributed by atoms with Crippen LogP contribution in [0.1, 0.15) is 83.9 Å². The zero-order valence-corrected chi connectivity index (χ0v) is 28.6. The Balaban J connectivity index is 1.75. The van der Waals surface area contributed by atoms with Gasteiger partial charge in [-0.2, -0.15) is 0 Å². The first-order valence-electron chi connectivity index (χ1n) is 17.2. The molecule has 238 valence electrons. The summed E-state index contributed by atoms with van der Waals surface area (Å²) in [5.74, 6) is 0. The fourth-order valence-electron chi connectivity index (χ4n) is 6.46. The monoisotopic (exact) mass is 602 g/mol. The predicted molar refractivity (Wildman–Crippen MR) is 199 cm³/mol. The smallest absolute Gasteiger partial charge is 0.0366 e. The van der Waals surface area contributed by atoms with E-state index in [-0.39, 0.29) is 0 Å². The lowest BCUT2D eigenvalue weighted by molar-refractivity contribution is 0.822. The maximum Gasteiger partial charge on any atom is 0.0366 e. The minimum Gasteiger partial charge on any atom is -0.372 e. The van der Waals surface area contributed by atoms with Gasteiger partial charge in [0.1, 0.15) is 0 Å². The summed E-state index contributed by atoms with van der Waals surface area (Å²) in [6.45, 7) is 19.3. The van der Waals surface area contributed by atoms with E-state index in [0.29, 0.717) is 0 Å². The van der Waals surface area contributed by atoms with Crippen LogP contribution in [0.5, 0.6) is 0 Å². The molecule has 0 saturated heterocycles. The predicted octanol–water partition coefficient (Wildman–Crippen LogP) is 10.3. The number of nitrogens with one attached hydrogen (secondary N) is 1. The van der Waals surface area contributed by atoms with Crippen LogP contribution in [0, 0.1) is 5.41 Å². The van der Waals surface area contributed by atoms with Gasteiger partial charge in [0.15, 0.2) is 0 Å². The van der Waals surface area contributed by atoms with Crippen LogP contribution >= 0.6 is 0 Å². The van der Waals surface area contributed by atoms with Crippen LogP contribution in [-0.4, -0.2) is 45.0 Å². The fraction of sp³-hybridized carbons (Fsp3) is 0.390. The van der Waals surface area contributed by atoms with Crippen molar-refractivity contribution in [2.45, 2.75) is 67.2 Å². The Morgan fingerprint density at radius 2 is 0.889 bits per heavy atom. The summed E-state index contributed by atoms with van der Waals surface area (Å²) in [6, 6.07) is 27.2. The molecular weight excluding hydrogens is 548 g/mol. The molecular formula is C41H54N4. The van der Waals surface area contributed by atoms with Crippen LogP contribution in [0.3, 0.4) is 0 Å². The van der Waals surface area contributed by atoms with Gasteiger partial charge in [0, 0.05) is 62.0 Å². The van der Waals surface area contributed by atoms with E-state index in [1.807, 2.05) is 0 Å². The fourth-order valence-corrected chi connectivity index (χ4v) is 6.46. The molecule has 0 heterocycles. The molecule has 0 amide bonds. The number of allylic oxidation sites excluding steroid dienone is 5. The lowest BCUT2D eigenvalue weighted by Crippen LogP contribution is -2.21. The van der Waals surface area contributed by atoms with Gasteiger partial charge in [0.2, 0.25) is 0 Å². The van der Waals surface area contributed by atoms with E-state index in [9.17, 15) is 0 Å². The van der Waals surface area contributed by atoms with Crippen molar-refractivity contribution in [1.82, 2.24) is 0 Å². The van der Waals surface area contributed by atoms with Gasteiger partial charge in [0.25, 0.3) is 0 Å². The molecule has 0 bridgehead atoms. The molecule has 4 heteroatoms. The third kappa shape index (κ3) is 8.57. The summed E-state index contributed by atoms with van der Waals surface area (Å²) < 4.78 is 0. The first kappa shape index (κ1) is 33.8. The Labute approximate surface area is 273 Å². The van der Waals surface area contributed by atoms with E-state index in [1.54, 1.807) is 0 Å². The molecule has 0 unspecified atom stereocenters. The number of nitrogens with zero attached hydrogens (tertiary/aromatic N) is 3. The Morgan fingerprint density at radius 3 is 1.24 bits per heavy atom. The van der Waals surface area contributed by atoms with Crippen LogP contribution in [0.2, 0.25) is 0 Å². The molecule has 0 aromatic heterocycles. The Hall–Kier alpha value is -4.05. The van der Waals surface area contributed by atoms with Crippen molar-refractivity contribution in [1.29, 1.82) is 5.41 Å². The van der Waals surface area contributed by atoms with E-state index in [2.05, 4.69) is 147 Å². The van der Waals surface area contributed by atoms with Gasteiger partial charge in [0.05, 0.1) is 0 Å². The SMILES string of the molecule is CCN(CC)c1ccc(C(=CC=CC(=C2CCC(=N)CC2)c2ccc(N(CC)CC)cc2)c2ccc(N(CC)CC)cc2)cc1. The minimum atomic E-state index is 0.864. The van der Waals surface area contributed by atoms with Crippen molar-refractivity contribution in [3.63, 3.8) is 0 Å². The van der Waals surface area contributed by atoms with Crippen LogP contribution in [0.15, 0.2) is 96.6 Å². The lowest BCUT2D eigenvalue weighted by atomic mass is 9.87. The summed E-state index contributed by atoms with van der Waals surface area (Å²) in [4.78, 5) is 7.17. The van der Waals surface area contributed by atoms with E-state index in [1.165, 1.54) is 50.5 Å². The second-order valence-electron chi connectivity index (χ2n) is 11.7. The Kier molecular flexibility index (Phi) is 12.7. The van der Waals surface area contributed by atoms with Crippen LogP contribution in [0.4, 0.5) is 17.1 Å². The molecule has 1 aliphatic rings. The van der Waals surface area contributed by atoms with Crippen molar-refractivity contribution >= 4 is 33.9 Å². The van der Waals surface area contributed by atoms with E-state index in [0.717, 1.165) is 70.7 Å². The second-order valence-corrected chi connectivity index (χ2v) is 11.7. The van der Waals surface area contributed by atoms with Crippen molar-refractivity contribution in [2.24, 2.45) is 0 Å². The number of benzene rings is 3. The summed E-state index contributed by atoms with van der Waals surface area (Å²) in [5, 5.41) is 8.20. The highest BCUT2D eigenvalue weighted by molar-refractivity contribution is 5.87. The zero-order chi connectivity index (χ0) is 32.2. The van der Waals surface area contributed by atoms with Crippen LogP contribution in [0.25, 0.3) is 11.1 Å². The highest BCUT2D eigenvalue weighted by atomic mass is 15.1. The third-order valence-electron chi connectivity index (χ3n) is 9.28. The van der Waals surface area contributed by atoms with Gasteiger partial charge in [-0.05, 0) is 131 Å². The maximum absolute atomic E-state index is 8.20. The maximum atomic E-state index is 8.20. The molecule has 4 rings (SSSR count). The highest BCUT2D eigenvalue weighted by Gasteiger charge is 2.15. The van der Waals surface area contributed by atoms with Gasteiger partial charge in [-0.25, -0.2) is 0 Å². The average molecular weight is 603 g/mol. The molecule has 3 aromatic rings. The van der Waals surface area contributed by atoms with Gasteiger partial charge in [-0.15, -0.1) is 0 Å². The normalized spacial score (nSPS) is 13.2. The molecule has 45 heavy (non-hydrogen) atoms. The van der Waals surface area contributed by atoms with Crippen LogP contribution < -0.4 is 14.7 Å². The largest absolute Gasteiger partial charge is 0.372 e. The average Bonchev–Trinajstić information content (AvgIpc) is 3.08. The highest BCUT2D eigenvalue weighted by Crippen LogP contribution is 2.33. The molecule has 4 nitrogen and oxygen atoms in total.